The highest BCUT2D eigenvalue weighted by Crippen LogP contribution is 2.40. The predicted molar refractivity (Wildman–Crippen MR) is 155 cm³/mol. The minimum atomic E-state index is -0.614. The summed E-state index contributed by atoms with van der Waals surface area (Å²) < 4.78 is 31.0. The maximum Gasteiger partial charge on any atom is 0.417 e. The van der Waals surface area contributed by atoms with Crippen molar-refractivity contribution in [2.75, 3.05) is 41.7 Å². The van der Waals surface area contributed by atoms with Crippen LogP contribution in [0, 0.1) is 5.92 Å². The van der Waals surface area contributed by atoms with Crippen LogP contribution in [0.5, 0.6) is 23.0 Å². The van der Waals surface area contributed by atoms with Crippen molar-refractivity contribution in [1.29, 1.82) is 0 Å². The molecule has 0 aliphatic carbocycles. The smallest absolute Gasteiger partial charge is 0.417 e. The third-order valence-corrected chi connectivity index (χ3v) is 8.65. The first kappa shape index (κ1) is 30.9. The highest BCUT2D eigenvalue weighted by Gasteiger charge is 2.49. The lowest BCUT2D eigenvalue weighted by Gasteiger charge is -2.37. The number of cyclic esters (lactones) is 2. The summed E-state index contributed by atoms with van der Waals surface area (Å²) in [7, 11) is 6.21. The molecule has 44 heavy (non-hydrogen) atoms. The van der Waals surface area contributed by atoms with Gasteiger partial charge in [0.25, 0.3) is 5.91 Å². The average molecular weight is 612 g/mol. The number of carbonyl (C=O) groups is 4. The Kier molecular flexibility index (Phi) is 8.86. The van der Waals surface area contributed by atoms with Crippen LogP contribution in [0.25, 0.3) is 0 Å². The number of piperidine rings is 1. The van der Waals surface area contributed by atoms with Gasteiger partial charge in [-0.05, 0) is 54.7 Å². The molecule has 5 unspecified atom stereocenters. The second-order valence-electron chi connectivity index (χ2n) is 11.1. The molecule has 4 amide bonds. The van der Waals surface area contributed by atoms with Gasteiger partial charge in [-0.1, -0.05) is 19.1 Å². The zero-order chi connectivity index (χ0) is 31.7. The molecule has 4 aliphatic rings. The summed E-state index contributed by atoms with van der Waals surface area (Å²) in [6, 6.07) is 9.62. The molecule has 4 heterocycles. The van der Waals surface area contributed by atoms with Crippen molar-refractivity contribution in [2.24, 2.45) is 5.92 Å². The summed E-state index contributed by atoms with van der Waals surface area (Å²) in [5.74, 6) is 1.64. The molecule has 4 fully saturated rings. The van der Waals surface area contributed by atoms with Gasteiger partial charge in [-0.25, -0.2) is 19.4 Å². The molecule has 236 valence electrons. The van der Waals surface area contributed by atoms with Gasteiger partial charge in [0.2, 0.25) is 5.91 Å². The summed E-state index contributed by atoms with van der Waals surface area (Å²) in [5.41, 5.74) is 1.54. The van der Waals surface area contributed by atoms with Gasteiger partial charge in [0.15, 0.2) is 23.0 Å². The fourth-order valence-corrected chi connectivity index (χ4v) is 6.17. The fraction of sp³-hybridized carbons (Fsp3) is 0.484. The van der Waals surface area contributed by atoms with E-state index in [2.05, 4.69) is 5.32 Å². The minimum absolute atomic E-state index is 0.0535. The van der Waals surface area contributed by atoms with Gasteiger partial charge >= 0.3 is 12.2 Å². The number of rotatable bonds is 6. The van der Waals surface area contributed by atoms with E-state index in [1.165, 1.54) is 16.9 Å². The normalized spacial score (nSPS) is 27.4. The second-order valence-corrected chi connectivity index (χ2v) is 11.1. The van der Waals surface area contributed by atoms with E-state index in [1.807, 2.05) is 19.9 Å². The van der Waals surface area contributed by atoms with Crippen LogP contribution in [-0.2, 0) is 19.1 Å². The molecule has 2 aromatic rings. The van der Waals surface area contributed by atoms with Gasteiger partial charge in [-0.2, -0.15) is 0 Å². The molecule has 6 rings (SSSR count). The summed E-state index contributed by atoms with van der Waals surface area (Å²) in [5, 5.41) is 3.24. The van der Waals surface area contributed by atoms with E-state index in [9.17, 15) is 19.2 Å². The molecule has 0 aromatic heterocycles. The Morgan fingerprint density at radius 3 is 1.75 bits per heavy atom. The van der Waals surface area contributed by atoms with Crippen molar-refractivity contribution in [3.05, 3.63) is 47.5 Å². The average Bonchev–Trinajstić information content (AvgIpc) is 3.63. The number of ether oxygens (including phenoxy) is 6. The van der Waals surface area contributed by atoms with Crippen LogP contribution in [0.4, 0.5) is 9.59 Å². The van der Waals surface area contributed by atoms with Crippen molar-refractivity contribution < 1.29 is 47.6 Å². The Morgan fingerprint density at radius 1 is 0.682 bits per heavy atom. The van der Waals surface area contributed by atoms with Gasteiger partial charge < -0.3 is 28.4 Å². The highest BCUT2D eigenvalue weighted by molar-refractivity contribution is 5.98. The SMILES string of the molecule is COc1ccc(C2NC(C)C3COC(=O)N3C2=O)cc1OC.COc1ccc([C@@H]2CC(C)C3COC(=O)N3C2=O)cc1OC. The fourth-order valence-electron chi connectivity index (χ4n) is 6.17. The van der Waals surface area contributed by atoms with Gasteiger partial charge in [0, 0.05) is 6.04 Å². The van der Waals surface area contributed by atoms with Crippen LogP contribution in [0.15, 0.2) is 36.4 Å². The maximum absolute atomic E-state index is 12.7. The molecular weight excluding hydrogens is 574 g/mol. The number of fused-ring (bicyclic) bond motifs is 2. The van der Waals surface area contributed by atoms with Crippen molar-refractivity contribution >= 4 is 24.0 Å². The van der Waals surface area contributed by atoms with E-state index in [0.29, 0.717) is 41.6 Å². The van der Waals surface area contributed by atoms with Crippen LogP contribution in [0.3, 0.4) is 0 Å². The van der Waals surface area contributed by atoms with E-state index < -0.39 is 18.2 Å². The Hall–Kier alpha value is -4.52. The molecule has 2 aromatic carbocycles. The Balaban J connectivity index is 0.000000175. The largest absolute Gasteiger partial charge is 0.493 e. The monoisotopic (exact) mass is 611 g/mol. The number of hydrogen-bond acceptors (Lipinski definition) is 11. The summed E-state index contributed by atoms with van der Waals surface area (Å²) in [6.07, 6.45) is -0.424. The molecule has 6 atom stereocenters. The first-order chi connectivity index (χ1) is 21.1. The second kappa shape index (κ2) is 12.6. The zero-order valence-corrected chi connectivity index (χ0v) is 25.5. The molecule has 0 radical (unpaired) electrons. The lowest BCUT2D eigenvalue weighted by atomic mass is 9.81. The molecule has 0 saturated carbocycles. The number of methoxy groups -OCH3 is 4. The number of piperazine rings is 1. The number of hydrogen-bond donors (Lipinski definition) is 1. The van der Waals surface area contributed by atoms with Gasteiger partial charge in [-0.15, -0.1) is 0 Å². The van der Waals surface area contributed by atoms with Gasteiger partial charge in [-0.3, -0.25) is 14.9 Å². The standard InChI is InChI=1S/C16H19NO5.C15H18N2O5/c1-9-6-11(15(18)17-12(9)8-22-16(17)19)10-4-5-13(20-2)14(7-10)21-3;1-8-10-7-22-15(19)17(10)14(18)13(16-8)9-4-5-11(20-2)12(6-9)21-3/h4-5,7,9,11-12H,6,8H2,1-3H3;4-6,8,10,13,16H,7H2,1-3H3/t9?,11-,12?;/m0./s1. The lowest BCUT2D eigenvalue weighted by molar-refractivity contribution is -0.135. The molecule has 4 aliphatic heterocycles. The first-order valence-electron chi connectivity index (χ1n) is 14.3. The van der Waals surface area contributed by atoms with Crippen LogP contribution in [-0.4, -0.2) is 93.6 Å². The Labute approximate surface area is 255 Å². The summed E-state index contributed by atoms with van der Waals surface area (Å²) in [6.45, 7) is 4.50. The molecule has 13 nitrogen and oxygen atoms in total. The third-order valence-electron chi connectivity index (χ3n) is 8.65. The van der Waals surface area contributed by atoms with E-state index >= 15 is 0 Å². The molecule has 4 saturated heterocycles. The van der Waals surface area contributed by atoms with Gasteiger partial charge in [0.1, 0.15) is 19.3 Å². The number of amides is 4. The van der Waals surface area contributed by atoms with Crippen LogP contribution < -0.4 is 24.3 Å². The first-order valence-corrected chi connectivity index (χ1v) is 14.3. The number of benzene rings is 2. The van der Waals surface area contributed by atoms with Crippen molar-refractivity contribution in [2.45, 2.75) is 50.4 Å². The lowest BCUT2D eigenvalue weighted by Crippen LogP contribution is -2.59. The molecule has 13 heteroatoms. The van der Waals surface area contributed by atoms with E-state index in [-0.39, 0.29) is 48.4 Å². The zero-order valence-electron chi connectivity index (χ0n) is 25.5. The van der Waals surface area contributed by atoms with E-state index in [4.69, 9.17) is 28.4 Å². The number of nitrogens with one attached hydrogen (secondary N) is 1. The molecule has 1 N–H and O–H groups in total. The van der Waals surface area contributed by atoms with E-state index in [1.54, 1.807) is 51.7 Å². The Morgan fingerprint density at radius 2 is 1.18 bits per heavy atom. The highest BCUT2D eigenvalue weighted by atomic mass is 16.6. The predicted octanol–water partition coefficient (Wildman–Crippen LogP) is 3.26. The topological polar surface area (TPSA) is 142 Å². The molecular formula is C31H37N3O10. The van der Waals surface area contributed by atoms with Crippen LogP contribution in [0.2, 0.25) is 0 Å². The van der Waals surface area contributed by atoms with Crippen molar-refractivity contribution in [1.82, 2.24) is 15.1 Å². The van der Waals surface area contributed by atoms with Gasteiger partial charge in [0.05, 0.1) is 46.4 Å². The maximum atomic E-state index is 12.7. The summed E-state index contributed by atoms with van der Waals surface area (Å²) >= 11 is 0. The quantitative estimate of drug-likeness (QED) is 0.514. The number of nitrogens with zero attached hydrogens (tertiary/aromatic N) is 2. The van der Waals surface area contributed by atoms with Crippen LogP contribution in [0.1, 0.15) is 43.4 Å². The summed E-state index contributed by atoms with van der Waals surface area (Å²) in [4.78, 5) is 51.3. The van der Waals surface area contributed by atoms with Crippen molar-refractivity contribution in [3.8, 4) is 23.0 Å². The molecule has 0 bridgehead atoms. The Bertz CT molecular complexity index is 1340. The van der Waals surface area contributed by atoms with Crippen molar-refractivity contribution in [3.63, 3.8) is 0 Å². The number of imide groups is 2. The molecule has 0 spiro atoms. The minimum Gasteiger partial charge on any atom is -0.493 e. The van der Waals surface area contributed by atoms with E-state index in [0.717, 1.165) is 5.56 Å². The van der Waals surface area contributed by atoms with Crippen LogP contribution >= 0.6 is 0 Å². The third kappa shape index (κ3) is 5.47. The number of carbonyl (C=O) groups excluding carboxylic acids is 4.